The molecule has 9 atom stereocenters. The first-order valence-electron chi connectivity index (χ1n) is 14.2. The van der Waals surface area contributed by atoms with E-state index in [-0.39, 0.29) is 34.9 Å². The highest BCUT2D eigenvalue weighted by Crippen LogP contribution is 2.68. The van der Waals surface area contributed by atoms with Crippen molar-refractivity contribution < 1.29 is 19.4 Å². The van der Waals surface area contributed by atoms with E-state index in [1.54, 1.807) is 6.92 Å². The summed E-state index contributed by atoms with van der Waals surface area (Å²) in [5.74, 6) is 3.03. The number of ketones is 1. The normalized spacial score (nSPS) is 47.4. The minimum atomic E-state index is -0.181. The Labute approximate surface area is 206 Å². The van der Waals surface area contributed by atoms with Crippen LogP contribution in [0.5, 0.6) is 0 Å². The predicted molar refractivity (Wildman–Crippen MR) is 132 cm³/mol. The topological polar surface area (TPSA) is 66.8 Å². The molecule has 34 heavy (non-hydrogen) atoms. The van der Waals surface area contributed by atoms with Crippen molar-refractivity contribution in [2.45, 2.75) is 104 Å². The first-order valence-corrected chi connectivity index (χ1v) is 14.2. The number of aliphatic hydroxyl groups is 1. The number of hydrogen-bond acceptors (Lipinski definition) is 5. The van der Waals surface area contributed by atoms with Gasteiger partial charge >= 0.3 is 5.97 Å². The van der Waals surface area contributed by atoms with Crippen molar-refractivity contribution in [3.8, 4) is 0 Å². The summed E-state index contributed by atoms with van der Waals surface area (Å²) in [5.41, 5.74) is 0.0547. The number of carbonyl (C=O) groups excluding carboxylic acids is 2. The minimum Gasteiger partial charge on any atom is -0.461 e. The van der Waals surface area contributed by atoms with E-state index in [0.717, 1.165) is 76.8 Å². The summed E-state index contributed by atoms with van der Waals surface area (Å²) in [6, 6.07) is 0. The second-order valence-corrected chi connectivity index (χ2v) is 13.4. The van der Waals surface area contributed by atoms with Crippen LogP contribution in [0.2, 0.25) is 0 Å². The van der Waals surface area contributed by atoms with Crippen LogP contribution in [-0.2, 0) is 14.3 Å². The van der Waals surface area contributed by atoms with Gasteiger partial charge in [0.05, 0.1) is 12.6 Å². The quantitative estimate of drug-likeness (QED) is 0.591. The Bertz CT molecular complexity index is 791. The van der Waals surface area contributed by atoms with Crippen LogP contribution in [0, 0.1) is 46.3 Å². The van der Waals surface area contributed by atoms with E-state index < -0.39 is 0 Å². The fraction of sp³-hybridized carbons (Fsp3) is 0.931. The van der Waals surface area contributed by atoms with Gasteiger partial charge in [0.15, 0.2) is 0 Å². The molecule has 1 heterocycles. The van der Waals surface area contributed by atoms with E-state index in [2.05, 4.69) is 25.7 Å². The molecule has 0 spiro atoms. The summed E-state index contributed by atoms with van der Waals surface area (Å²) in [6.07, 6.45) is 10.1. The van der Waals surface area contributed by atoms with Crippen molar-refractivity contribution in [3.63, 3.8) is 0 Å². The molecule has 4 aliphatic carbocycles. The average Bonchev–Trinajstić information content (AvgIpc) is 3.12. The number of piperidine rings is 1. The maximum absolute atomic E-state index is 13.3. The molecule has 0 radical (unpaired) electrons. The van der Waals surface area contributed by atoms with Gasteiger partial charge in [-0.1, -0.05) is 20.8 Å². The van der Waals surface area contributed by atoms with Crippen LogP contribution in [0.4, 0.5) is 0 Å². The summed E-state index contributed by atoms with van der Waals surface area (Å²) in [5, 5.41) is 10.4. The van der Waals surface area contributed by atoms with Crippen molar-refractivity contribution >= 4 is 11.8 Å². The molecule has 5 aliphatic rings. The van der Waals surface area contributed by atoms with Gasteiger partial charge in [-0.2, -0.15) is 0 Å². The molecule has 1 N–H and O–H groups in total. The van der Waals surface area contributed by atoms with Crippen molar-refractivity contribution in [2.24, 2.45) is 46.3 Å². The molecule has 5 fully saturated rings. The Kier molecular flexibility index (Phi) is 6.68. The minimum absolute atomic E-state index is 0.0596. The number of Topliss-reactive ketones (excluding diaryl/α,β-unsaturated/α-hetero) is 1. The number of nitrogens with zero attached hydrogens (tertiary/aromatic N) is 1. The zero-order chi connectivity index (χ0) is 24.3. The maximum Gasteiger partial charge on any atom is 0.320 e. The first kappa shape index (κ1) is 24.7. The Balaban J connectivity index is 1.41. The zero-order valence-electron chi connectivity index (χ0n) is 21.9. The number of carbonyl (C=O) groups is 2. The molecule has 3 unspecified atom stereocenters. The number of rotatable bonds is 4. The number of hydrogen-bond donors (Lipinski definition) is 1. The Morgan fingerprint density at radius 2 is 1.74 bits per heavy atom. The molecule has 0 aromatic rings. The molecule has 192 valence electrons. The Morgan fingerprint density at radius 3 is 2.44 bits per heavy atom. The summed E-state index contributed by atoms with van der Waals surface area (Å²) in [6.45, 7) is 11.2. The fourth-order valence-electron chi connectivity index (χ4n) is 9.71. The van der Waals surface area contributed by atoms with Gasteiger partial charge in [-0.25, -0.2) is 0 Å². The van der Waals surface area contributed by atoms with E-state index >= 15 is 0 Å². The molecular weight excluding hydrogens is 426 g/mol. The highest BCUT2D eigenvalue weighted by Gasteiger charge is 2.64. The lowest BCUT2D eigenvalue weighted by molar-refractivity contribution is -0.199. The van der Waals surface area contributed by atoms with Crippen LogP contribution in [-0.4, -0.2) is 53.6 Å². The van der Waals surface area contributed by atoms with E-state index in [0.29, 0.717) is 36.0 Å². The molecule has 5 rings (SSSR count). The molecule has 1 saturated heterocycles. The second-order valence-electron chi connectivity index (χ2n) is 13.4. The van der Waals surface area contributed by atoms with Gasteiger partial charge in [0.25, 0.3) is 0 Å². The smallest absolute Gasteiger partial charge is 0.320 e. The van der Waals surface area contributed by atoms with Gasteiger partial charge < -0.3 is 9.84 Å². The van der Waals surface area contributed by atoms with E-state index in [1.165, 1.54) is 6.42 Å². The van der Waals surface area contributed by atoms with Crippen LogP contribution in [0.25, 0.3) is 0 Å². The Morgan fingerprint density at radius 1 is 1.00 bits per heavy atom. The van der Waals surface area contributed by atoms with Crippen LogP contribution in [0.15, 0.2) is 0 Å². The third kappa shape index (κ3) is 4.17. The van der Waals surface area contributed by atoms with Gasteiger partial charge in [0, 0.05) is 11.8 Å². The molecule has 1 aliphatic heterocycles. The molecule has 5 heteroatoms. The molecule has 4 saturated carbocycles. The number of fused-ring (bicyclic) bond motifs is 5. The highest BCUT2D eigenvalue weighted by molar-refractivity contribution is 5.79. The molecule has 0 aromatic carbocycles. The zero-order valence-corrected chi connectivity index (χ0v) is 21.9. The molecule has 0 bridgehead atoms. The van der Waals surface area contributed by atoms with Gasteiger partial charge in [-0.3, -0.25) is 14.5 Å². The first-order chi connectivity index (χ1) is 16.1. The maximum atomic E-state index is 13.3. The molecule has 5 nitrogen and oxygen atoms in total. The van der Waals surface area contributed by atoms with Gasteiger partial charge in [0.2, 0.25) is 0 Å². The second kappa shape index (κ2) is 9.18. The van der Waals surface area contributed by atoms with Gasteiger partial charge in [-0.05, 0) is 119 Å². The monoisotopic (exact) mass is 473 g/mol. The third-order valence-corrected chi connectivity index (χ3v) is 11.5. The van der Waals surface area contributed by atoms with Crippen molar-refractivity contribution in [1.82, 2.24) is 4.90 Å². The van der Waals surface area contributed by atoms with Crippen LogP contribution in [0.3, 0.4) is 0 Å². The average molecular weight is 474 g/mol. The molecular formula is C29H47NO4. The van der Waals surface area contributed by atoms with Gasteiger partial charge in [0.1, 0.15) is 11.9 Å². The van der Waals surface area contributed by atoms with E-state index in [4.69, 9.17) is 4.74 Å². The molecule has 0 amide bonds. The highest BCUT2D eigenvalue weighted by atomic mass is 16.5. The van der Waals surface area contributed by atoms with Gasteiger partial charge in [-0.15, -0.1) is 0 Å². The fourth-order valence-corrected chi connectivity index (χ4v) is 9.71. The summed E-state index contributed by atoms with van der Waals surface area (Å²) >= 11 is 0. The lowest BCUT2D eigenvalue weighted by Crippen LogP contribution is -2.60. The predicted octanol–water partition coefficient (Wildman–Crippen LogP) is 4.85. The number of likely N-dealkylation sites (tertiary alicyclic amines) is 1. The van der Waals surface area contributed by atoms with Crippen molar-refractivity contribution in [2.75, 3.05) is 19.6 Å². The van der Waals surface area contributed by atoms with Crippen LogP contribution in [0.1, 0.15) is 91.9 Å². The van der Waals surface area contributed by atoms with Crippen molar-refractivity contribution in [1.29, 1.82) is 0 Å². The largest absolute Gasteiger partial charge is 0.461 e. The standard InChI is InChI=1S/C29H47NO4/c1-18-10-13-30(14-11-18)17-26(33)34-25-16-29(4)23(19(2)31)7-8-24(29)22-6-5-20-15-21(32)9-12-28(20,3)27(22)25/h18,20-25,27,32H,5-17H2,1-4H3/t20?,21?,22-,23+,24-,25?,27+,28-,29+/m0/s1. The lowest BCUT2D eigenvalue weighted by Gasteiger charge is -2.62. The number of esters is 1. The van der Waals surface area contributed by atoms with Crippen molar-refractivity contribution in [3.05, 3.63) is 0 Å². The van der Waals surface area contributed by atoms with E-state index in [9.17, 15) is 14.7 Å². The van der Waals surface area contributed by atoms with Crippen LogP contribution < -0.4 is 0 Å². The number of ether oxygens (including phenoxy) is 1. The van der Waals surface area contributed by atoms with Crippen LogP contribution >= 0.6 is 0 Å². The lowest BCUT2D eigenvalue weighted by atomic mass is 9.43. The summed E-state index contributed by atoms with van der Waals surface area (Å²) < 4.78 is 6.48. The molecule has 0 aromatic heterocycles. The summed E-state index contributed by atoms with van der Waals surface area (Å²) in [4.78, 5) is 28.2. The third-order valence-electron chi connectivity index (χ3n) is 11.5. The van der Waals surface area contributed by atoms with E-state index in [1.807, 2.05) is 0 Å². The number of aliphatic hydroxyl groups excluding tert-OH is 1. The summed E-state index contributed by atoms with van der Waals surface area (Å²) in [7, 11) is 0. The Hall–Kier alpha value is -0.940. The SMILES string of the molecule is CC(=O)[C@H]1CC[C@H]2[C@@H]3CCC4CC(O)CC[C@]4(C)[C@H]3C(OC(=O)CN3CCC(C)CC3)C[C@]12C.